The van der Waals surface area contributed by atoms with Gasteiger partial charge in [0, 0.05) is 17.1 Å². The molecule has 0 aromatic heterocycles. The summed E-state index contributed by atoms with van der Waals surface area (Å²) in [5, 5.41) is 3.87. The molecule has 0 aliphatic carbocycles. The van der Waals surface area contributed by atoms with Gasteiger partial charge in [0.1, 0.15) is 0 Å². The highest BCUT2D eigenvalue weighted by atomic mass is 35.5. The van der Waals surface area contributed by atoms with Crippen molar-refractivity contribution >= 4 is 17.5 Å². The van der Waals surface area contributed by atoms with Crippen LogP contribution in [0.2, 0.25) is 5.02 Å². The number of hydrogen-bond acceptors (Lipinski definition) is 2. The fraction of sp³-hybridized carbons (Fsp3) is 0.350. The first-order valence-electron chi connectivity index (χ1n) is 8.49. The summed E-state index contributed by atoms with van der Waals surface area (Å²) in [4.78, 5) is 15.0. The van der Waals surface area contributed by atoms with E-state index in [1.807, 2.05) is 49.4 Å². The molecule has 1 amide bonds. The predicted octanol–water partition coefficient (Wildman–Crippen LogP) is 4.22. The molecule has 0 bridgehead atoms. The molecule has 4 heteroatoms. The van der Waals surface area contributed by atoms with Crippen molar-refractivity contribution in [3.63, 3.8) is 0 Å². The van der Waals surface area contributed by atoms with Gasteiger partial charge in [0.2, 0.25) is 0 Å². The first kappa shape index (κ1) is 17.0. The van der Waals surface area contributed by atoms with Gasteiger partial charge in [-0.3, -0.25) is 9.69 Å². The second kappa shape index (κ2) is 7.82. The zero-order valence-electron chi connectivity index (χ0n) is 14.0. The van der Waals surface area contributed by atoms with Crippen LogP contribution in [0, 0.1) is 6.92 Å². The standard InChI is InChI=1S/C20H23ClN2O/c1-15-8-2-3-9-16(15)20(24)22-14-19(23-12-6-7-13-23)17-10-4-5-11-18(17)21/h2-5,8-11,19H,6-7,12-14H2,1H3,(H,22,24). The van der Waals surface area contributed by atoms with E-state index in [0.29, 0.717) is 6.54 Å². The summed E-state index contributed by atoms with van der Waals surface area (Å²) in [5.41, 5.74) is 2.81. The molecule has 3 nitrogen and oxygen atoms in total. The van der Waals surface area contributed by atoms with Gasteiger partial charge in [-0.15, -0.1) is 0 Å². The monoisotopic (exact) mass is 342 g/mol. The molecule has 1 aliphatic heterocycles. The Bertz CT molecular complexity index is 710. The molecule has 0 spiro atoms. The van der Waals surface area contributed by atoms with Gasteiger partial charge in [-0.05, 0) is 56.1 Å². The normalized spacial score (nSPS) is 16.1. The van der Waals surface area contributed by atoms with Gasteiger partial charge in [-0.2, -0.15) is 0 Å². The van der Waals surface area contributed by atoms with Gasteiger partial charge >= 0.3 is 0 Å². The molecule has 1 unspecified atom stereocenters. The van der Waals surface area contributed by atoms with Crippen molar-refractivity contribution in [3.8, 4) is 0 Å². The average molecular weight is 343 g/mol. The molecule has 1 saturated heterocycles. The van der Waals surface area contributed by atoms with Gasteiger partial charge < -0.3 is 5.32 Å². The van der Waals surface area contributed by atoms with Gasteiger partial charge in [0.15, 0.2) is 0 Å². The Morgan fingerprint density at radius 3 is 2.50 bits per heavy atom. The number of benzene rings is 2. The molecule has 0 radical (unpaired) electrons. The summed E-state index contributed by atoms with van der Waals surface area (Å²) >= 11 is 6.42. The Morgan fingerprint density at radius 2 is 1.79 bits per heavy atom. The minimum absolute atomic E-state index is 0.0237. The van der Waals surface area contributed by atoms with Crippen LogP contribution in [0.3, 0.4) is 0 Å². The number of aryl methyl sites for hydroxylation is 1. The Kier molecular flexibility index (Phi) is 5.54. The third-order valence-electron chi connectivity index (χ3n) is 4.69. The maximum absolute atomic E-state index is 12.5. The molecule has 1 heterocycles. The van der Waals surface area contributed by atoms with Gasteiger partial charge in [-0.25, -0.2) is 0 Å². The number of halogens is 1. The van der Waals surface area contributed by atoms with E-state index in [-0.39, 0.29) is 11.9 Å². The molecule has 24 heavy (non-hydrogen) atoms. The summed E-state index contributed by atoms with van der Waals surface area (Å²) < 4.78 is 0. The topological polar surface area (TPSA) is 32.3 Å². The molecule has 1 fully saturated rings. The zero-order valence-corrected chi connectivity index (χ0v) is 14.7. The Labute approximate surface area is 148 Å². The van der Waals surface area contributed by atoms with E-state index in [0.717, 1.165) is 34.8 Å². The fourth-order valence-corrected chi connectivity index (χ4v) is 3.61. The van der Waals surface area contributed by atoms with E-state index in [4.69, 9.17) is 11.6 Å². The third kappa shape index (κ3) is 3.80. The van der Waals surface area contributed by atoms with Crippen molar-refractivity contribution in [2.75, 3.05) is 19.6 Å². The average Bonchev–Trinajstić information content (AvgIpc) is 3.11. The van der Waals surface area contributed by atoms with Crippen LogP contribution < -0.4 is 5.32 Å². The summed E-state index contributed by atoms with van der Waals surface area (Å²) in [6, 6.07) is 15.7. The smallest absolute Gasteiger partial charge is 0.251 e. The molecule has 126 valence electrons. The molecular weight excluding hydrogens is 320 g/mol. The Balaban J connectivity index is 1.76. The number of nitrogens with one attached hydrogen (secondary N) is 1. The minimum Gasteiger partial charge on any atom is -0.350 e. The molecule has 1 atom stereocenters. The van der Waals surface area contributed by atoms with E-state index < -0.39 is 0 Å². The van der Waals surface area contributed by atoms with Crippen molar-refractivity contribution < 1.29 is 4.79 Å². The zero-order chi connectivity index (χ0) is 16.9. The highest BCUT2D eigenvalue weighted by Gasteiger charge is 2.25. The summed E-state index contributed by atoms with van der Waals surface area (Å²) in [5.74, 6) is -0.0237. The molecule has 0 saturated carbocycles. The number of nitrogens with zero attached hydrogens (tertiary/aromatic N) is 1. The van der Waals surface area contributed by atoms with Gasteiger partial charge in [-0.1, -0.05) is 48.0 Å². The van der Waals surface area contributed by atoms with Gasteiger partial charge in [0.05, 0.1) is 6.04 Å². The quantitative estimate of drug-likeness (QED) is 0.882. The lowest BCUT2D eigenvalue weighted by atomic mass is 10.0. The van der Waals surface area contributed by atoms with Crippen LogP contribution in [0.15, 0.2) is 48.5 Å². The second-order valence-corrected chi connectivity index (χ2v) is 6.71. The molecule has 2 aromatic rings. The third-order valence-corrected chi connectivity index (χ3v) is 5.04. The SMILES string of the molecule is Cc1ccccc1C(=O)NCC(c1ccccc1Cl)N1CCCC1. The summed E-state index contributed by atoms with van der Waals surface area (Å²) in [6.45, 7) is 4.63. The van der Waals surface area contributed by atoms with E-state index in [1.54, 1.807) is 0 Å². The van der Waals surface area contributed by atoms with Crippen molar-refractivity contribution in [1.29, 1.82) is 0 Å². The highest BCUT2D eigenvalue weighted by molar-refractivity contribution is 6.31. The number of likely N-dealkylation sites (tertiary alicyclic amines) is 1. The predicted molar refractivity (Wildman–Crippen MR) is 98.5 cm³/mol. The Morgan fingerprint density at radius 1 is 1.12 bits per heavy atom. The summed E-state index contributed by atoms with van der Waals surface area (Å²) in [7, 11) is 0. The maximum atomic E-state index is 12.5. The fourth-order valence-electron chi connectivity index (χ4n) is 3.35. The maximum Gasteiger partial charge on any atom is 0.251 e. The number of carbonyl (C=O) groups excluding carboxylic acids is 1. The largest absolute Gasteiger partial charge is 0.350 e. The van der Waals surface area contributed by atoms with Crippen molar-refractivity contribution in [2.24, 2.45) is 0 Å². The van der Waals surface area contributed by atoms with Crippen molar-refractivity contribution in [3.05, 3.63) is 70.2 Å². The highest BCUT2D eigenvalue weighted by Crippen LogP contribution is 2.29. The molecule has 2 aromatic carbocycles. The number of rotatable bonds is 5. The van der Waals surface area contributed by atoms with Crippen LogP contribution >= 0.6 is 11.6 Å². The lowest BCUT2D eigenvalue weighted by Crippen LogP contribution is -2.37. The van der Waals surface area contributed by atoms with E-state index in [1.165, 1.54) is 12.8 Å². The van der Waals surface area contributed by atoms with Crippen molar-refractivity contribution in [2.45, 2.75) is 25.8 Å². The Hall–Kier alpha value is -1.84. The van der Waals surface area contributed by atoms with Crippen LogP contribution in [0.4, 0.5) is 0 Å². The van der Waals surface area contributed by atoms with E-state index in [2.05, 4.69) is 16.3 Å². The molecule has 1 aliphatic rings. The number of carbonyl (C=O) groups is 1. The van der Waals surface area contributed by atoms with Crippen LogP contribution in [0.25, 0.3) is 0 Å². The second-order valence-electron chi connectivity index (χ2n) is 6.31. The van der Waals surface area contributed by atoms with Crippen LogP contribution in [-0.4, -0.2) is 30.4 Å². The molecule has 1 N–H and O–H groups in total. The van der Waals surface area contributed by atoms with Crippen LogP contribution in [0.1, 0.15) is 40.4 Å². The van der Waals surface area contributed by atoms with E-state index >= 15 is 0 Å². The summed E-state index contributed by atoms with van der Waals surface area (Å²) in [6.07, 6.45) is 2.40. The number of hydrogen-bond donors (Lipinski definition) is 1. The first-order valence-corrected chi connectivity index (χ1v) is 8.87. The van der Waals surface area contributed by atoms with Crippen LogP contribution in [-0.2, 0) is 0 Å². The van der Waals surface area contributed by atoms with Crippen LogP contribution in [0.5, 0.6) is 0 Å². The number of amides is 1. The minimum atomic E-state index is -0.0237. The van der Waals surface area contributed by atoms with E-state index in [9.17, 15) is 4.79 Å². The lowest BCUT2D eigenvalue weighted by molar-refractivity contribution is 0.0937. The molecular formula is C20H23ClN2O. The lowest BCUT2D eigenvalue weighted by Gasteiger charge is -2.29. The molecule has 3 rings (SSSR count). The van der Waals surface area contributed by atoms with Crippen molar-refractivity contribution in [1.82, 2.24) is 10.2 Å². The van der Waals surface area contributed by atoms with Gasteiger partial charge in [0.25, 0.3) is 5.91 Å². The first-order chi connectivity index (χ1) is 11.7.